The SMILES string of the molecule is CCN(CC)[C@H]1CCN(C(=O)c2cn(CCC(C)C)cc(C(=O)NCC(C)C)c2=O)C1. The van der Waals surface area contributed by atoms with Crippen LogP contribution in [0, 0.1) is 11.8 Å². The Morgan fingerprint density at radius 2 is 1.74 bits per heavy atom. The van der Waals surface area contributed by atoms with Crippen LogP contribution in [0.25, 0.3) is 0 Å². The van der Waals surface area contributed by atoms with E-state index in [1.165, 1.54) is 0 Å². The van der Waals surface area contributed by atoms with Crippen LogP contribution in [0.5, 0.6) is 0 Å². The second kappa shape index (κ2) is 11.5. The Hall–Kier alpha value is -2.15. The average Bonchev–Trinajstić information content (AvgIpc) is 3.21. The third-order valence-electron chi connectivity index (χ3n) is 5.97. The molecular weight excluding hydrogens is 392 g/mol. The molecule has 1 saturated heterocycles. The maximum absolute atomic E-state index is 13.3. The number of carbonyl (C=O) groups excluding carboxylic acids is 2. The van der Waals surface area contributed by atoms with Crippen molar-refractivity contribution in [1.82, 2.24) is 19.7 Å². The van der Waals surface area contributed by atoms with E-state index in [2.05, 4.69) is 37.9 Å². The quantitative estimate of drug-likeness (QED) is 0.617. The smallest absolute Gasteiger partial charge is 0.259 e. The number of pyridine rings is 1. The molecule has 2 amide bonds. The number of likely N-dealkylation sites (tertiary alicyclic amines) is 1. The number of carbonyl (C=O) groups is 2. The molecule has 0 unspecified atom stereocenters. The Bertz CT molecular complexity index is 812. The summed E-state index contributed by atoms with van der Waals surface area (Å²) in [7, 11) is 0. The van der Waals surface area contributed by atoms with E-state index in [1.807, 2.05) is 18.4 Å². The molecule has 174 valence electrons. The molecule has 1 aromatic heterocycles. The highest BCUT2D eigenvalue weighted by molar-refractivity contribution is 5.99. The zero-order valence-corrected chi connectivity index (χ0v) is 20.1. The average molecular weight is 433 g/mol. The monoisotopic (exact) mass is 432 g/mol. The van der Waals surface area contributed by atoms with Crippen molar-refractivity contribution < 1.29 is 9.59 Å². The van der Waals surface area contributed by atoms with Crippen LogP contribution in [0.15, 0.2) is 17.2 Å². The van der Waals surface area contributed by atoms with E-state index < -0.39 is 11.3 Å². The van der Waals surface area contributed by atoms with Crippen LogP contribution in [-0.4, -0.2) is 64.9 Å². The molecule has 1 N–H and O–H groups in total. The summed E-state index contributed by atoms with van der Waals surface area (Å²) in [5.74, 6) is 0.0781. The molecule has 7 heteroatoms. The van der Waals surface area contributed by atoms with Gasteiger partial charge in [0.2, 0.25) is 5.43 Å². The van der Waals surface area contributed by atoms with Crippen molar-refractivity contribution in [3.05, 3.63) is 33.7 Å². The lowest BCUT2D eigenvalue weighted by Gasteiger charge is -2.26. The van der Waals surface area contributed by atoms with Crippen LogP contribution in [0.1, 0.15) is 75.1 Å². The summed E-state index contributed by atoms with van der Waals surface area (Å²) in [5.41, 5.74) is -0.325. The normalized spacial score (nSPS) is 16.5. The molecule has 1 atom stereocenters. The fourth-order valence-electron chi connectivity index (χ4n) is 4.01. The zero-order valence-electron chi connectivity index (χ0n) is 20.1. The Labute approximate surface area is 186 Å². The number of likely N-dealkylation sites (N-methyl/N-ethyl adjacent to an activating group) is 1. The van der Waals surface area contributed by atoms with Crippen molar-refractivity contribution in [2.24, 2.45) is 11.8 Å². The lowest BCUT2D eigenvalue weighted by Crippen LogP contribution is -2.40. The van der Waals surface area contributed by atoms with Gasteiger partial charge < -0.3 is 14.8 Å². The van der Waals surface area contributed by atoms with Gasteiger partial charge in [0.05, 0.1) is 0 Å². The number of rotatable bonds is 10. The maximum Gasteiger partial charge on any atom is 0.259 e. The molecule has 0 spiro atoms. The third kappa shape index (κ3) is 6.66. The Kier molecular flexibility index (Phi) is 9.29. The van der Waals surface area contributed by atoms with Gasteiger partial charge in [-0.1, -0.05) is 41.5 Å². The number of nitrogens with one attached hydrogen (secondary N) is 1. The van der Waals surface area contributed by atoms with E-state index in [-0.39, 0.29) is 23.0 Å². The number of hydrogen-bond donors (Lipinski definition) is 1. The van der Waals surface area contributed by atoms with E-state index in [1.54, 1.807) is 17.3 Å². The highest BCUT2D eigenvalue weighted by atomic mass is 16.2. The van der Waals surface area contributed by atoms with E-state index in [0.717, 1.165) is 25.9 Å². The van der Waals surface area contributed by atoms with Gasteiger partial charge in [-0.05, 0) is 37.8 Å². The molecule has 1 fully saturated rings. The number of aryl methyl sites for hydroxylation is 1. The lowest BCUT2D eigenvalue weighted by molar-refractivity contribution is 0.0775. The summed E-state index contributed by atoms with van der Waals surface area (Å²) in [6.07, 6.45) is 5.04. The molecule has 1 aliphatic rings. The maximum atomic E-state index is 13.3. The Morgan fingerprint density at radius 1 is 1.10 bits per heavy atom. The van der Waals surface area contributed by atoms with Gasteiger partial charge in [0, 0.05) is 44.6 Å². The summed E-state index contributed by atoms with van der Waals surface area (Å²) in [4.78, 5) is 43.3. The molecule has 1 aromatic rings. The standard InChI is InChI=1S/C24H40N4O3/c1-7-27(8-2)19-10-12-28(14-19)24(31)21-16-26(11-9-17(3)4)15-20(22(21)29)23(30)25-13-18(5)6/h15-19H,7-14H2,1-6H3,(H,25,30)/t19-/m0/s1. The number of amides is 2. The lowest BCUT2D eigenvalue weighted by atomic mass is 10.1. The largest absolute Gasteiger partial charge is 0.352 e. The van der Waals surface area contributed by atoms with Gasteiger partial charge in [-0.3, -0.25) is 19.3 Å². The predicted octanol–water partition coefficient (Wildman–Crippen LogP) is 2.84. The molecule has 0 saturated carbocycles. The molecule has 31 heavy (non-hydrogen) atoms. The van der Waals surface area contributed by atoms with Gasteiger partial charge in [-0.15, -0.1) is 0 Å². The molecule has 2 rings (SSSR count). The van der Waals surface area contributed by atoms with Crippen molar-refractivity contribution in [1.29, 1.82) is 0 Å². The second-order valence-corrected chi connectivity index (χ2v) is 9.35. The molecule has 0 aromatic carbocycles. The van der Waals surface area contributed by atoms with Gasteiger partial charge in [0.1, 0.15) is 11.1 Å². The third-order valence-corrected chi connectivity index (χ3v) is 5.97. The summed E-state index contributed by atoms with van der Waals surface area (Å²) in [5, 5.41) is 2.82. The van der Waals surface area contributed by atoms with Crippen molar-refractivity contribution >= 4 is 11.8 Å². The van der Waals surface area contributed by atoms with Crippen LogP contribution in [0.3, 0.4) is 0 Å². The van der Waals surface area contributed by atoms with Crippen LogP contribution >= 0.6 is 0 Å². The van der Waals surface area contributed by atoms with Crippen molar-refractivity contribution in [2.75, 3.05) is 32.7 Å². The Balaban J connectivity index is 2.32. The zero-order chi connectivity index (χ0) is 23.1. The van der Waals surface area contributed by atoms with Gasteiger partial charge in [-0.25, -0.2) is 0 Å². The summed E-state index contributed by atoms with van der Waals surface area (Å²) in [6.45, 7) is 16.8. The number of aromatic nitrogens is 1. The predicted molar refractivity (Wildman–Crippen MR) is 125 cm³/mol. The van der Waals surface area contributed by atoms with Crippen molar-refractivity contribution in [2.45, 2.75) is 67.0 Å². The van der Waals surface area contributed by atoms with Gasteiger partial charge in [0.25, 0.3) is 11.8 Å². The molecule has 0 radical (unpaired) electrons. The van der Waals surface area contributed by atoms with E-state index in [9.17, 15) is 14.4 Å². The van der Waals surface area contributed by atoms with Gasteiger partial charge in [0.15, 0.2) is 0 Å². The summed E-state index contributed by atoms with van der Waals surface area (Å²) in [6, 6.07) is 0.319. The minimum absolute atomic E-state index is 0.0507. The van der Waals surface area contributed by atoms with Crippen LogP contribution in [0.4, 0.5) is 0 Å². The first kappa shape index (κ1) is 25.1. The van der Waals surface area contributed by atoms with E-state index in [0.29, 0.717) is 38.1 Å². The van der Waals surface area contributed by atoms with Gasteiger partial charge in [-0.2, -0.15) is 0 Å². The first-order valence-corrected chi connectivity index (χ1v) is 11.7. The first-order chi connectivity index (χ1) is 14.7. The van der Waals surface area contributed by atoms with Crippen LogP contribution in [-0.2, 0) is 6.54 Å². The molecule has 0 bridgehead atoms. The number of hydrogen-bond acceptors (Lipinski definition) is 4. The fourth-order valence-corrected chi connectivity index (χ4v) is 4.01. The van der Waals surface area contributed by atoms with E-state index >= 15 is 0 Å². The molecular formula is C24H40N4O3. The summed E-state index contributed by atoms with van der Waals surface area (Å²) < 4.78 is 1.83. The van der Waals surface area contributed by atoms with Crippen molar-refractivity contribution in [3.63, 3.8) is 0 Å². The molecule has 0 aliphatic carbocycles. The van der Waals surface area contributed by atoms with E-state index in [4.69, 9.17) is 0 Å². The molecule has 2 heterocycles. The topological polar surface area (TPSA) is 74.7 Å². The highest BCUT2D eigenvalue weighted by Gasteiger charge is 2.31. The van der Waals surface area contributed by atoms with Gasteiger partial charge >= 0.3 is 0 Å². The highest BCUT2D eigenvalue weighted by Crippen LogP contribution is 2.18. The first-order valence-electron chi connectivity index (χ1n) is 11.7. The molecule has 1 aliphatic heterocycles. The second-order valence-electron chi connectivity index (χ2n) is 9.35. The fraction of sp³-hybridized carbons (Fsp3) is 0.708. The minimum Gasteiger partial charge on any atom is -0.352 e. The number of nitrogens with zero attached hydrogens (tertiary/aromatic N) is 3. The van der Waals surface area contributed by atoms with Crippen LogP contribution < -0.4 is 10.7 Å². The summed E-state index contributed by atoms with van der Waals surface area (Å²) >= 11 is 0. The van der Waals surface area contributed by atoms with Crippen molar-refractivity contribution in [3.8, 4) is 0 Å². The minimum atomic E-state index is -0.474. The Morgan fingerprint density at radius 3 is 2.32 bits per heavy atom. The molecule has 7 nitrogen and oxygen atoms in total. The van der Waals surface area contributed by atoms with Crippen LogP contribution in [0.2, 0.25) is 0 Å².